The second-order valence-corrected chi connectivity index (χ2v) is 5.75. The smallest absolute Gasteiger partial charge is 0.338 e. The molecule has 1 saturated heterocycles. The molecule has 1 unspecified atom stereocenters. The van der Waals surface area contributed by atoms with Crippen LogP contribution in [0.4, 0.5) is 0 Å². The van der Waals surface area contributed by atoms with Gasteiger partial charge in [0.05, 0.1) is 16.5 Å². The molecule has 19 heavy (non-hydrogen) atoms. The number of ether oxygens (including phenoxy) is 3. The highest BCUT2D eigenvalue weighted by Gasteiger charge is 2.34. The highest BCUT2D eigenvalue weighted by Crippen LogP contribution is 2.27. The summed E-state index contributed by atoms with van der Waals surface area (Å²) in [6, 6.07) is 7.30. The lowest BCUT2D eigenvalue weighted by atomic mass is 10.1. The molecule has 0 aliphatic carbocycles. The Hall–Kier alpha value is -0.910. The molecule has 104 valence electrons. The molecule has 2 rings (SSSR count). The van der Waals surface area contributed by atoms with Crippen LogP contribution in [0.25, 0.3) is 0 Å². The maximum Gasteiger partial charge on any atom is 0.338 e. The number of benzene rings is 1. The van der Waals surface area contributed by atoms with Crippen LogP contribution < -0.4 is 0 Å². The molecule has 0 saturated carbocycles. The average Bonchev–Trinajstić information content (AvgIpc) is 2.77. The summed E-state index contributed by atoms with van der Waals surface area (Å²) in [5.41, 5.74) is 1.67. The van der Waals surface area contributed by atoms with Gasteiger partial charge in [0.25, 0.3) is 0 Å². The molecule has 1 aliphatic heterocycles. The first-order chi connectivity index (χ1) is 9.10. The number of hydrogen-bond acceptors (Lipinski definition) is 4. The van der Waals surface area contributed by atoms with Gasteiger partial charge in [-0.2, -0.15) is 0 Å². The Balaban J connectivity index is 1.83. The fourth-order valence-corrected chi connectivity index (χ4v) is 2.70. The van der Waals surface area contributed by atoms with E-state index >= 15 is 0 Å². The van der Waals surface area contributed by atoms with Crippen LogP contribution in [-0.2, 0) is 14.2 Å². The maximum atomic E-state index is 11.8. The summed E-state index contributed by atoms with van der Waals surface area (Å²) in [6.07, 6.45) is 0.367. The zero-order chi connectivity index (χ0) is 13.8. The van der Waals surface area contributed by atoms with E-state index in [1.54, 1.807) is 19.2 Å². The SMILES string of the molecule is COC1O[C@H](COC(=O)c2ccc(C)cc2)C[C@H]1Br. The van der Waals surface area contributed by atoms with Crippen molar-refractivity contribution < 1.29 is 19.0 Å². The number of aryl methyl sites for hydroxylation is 1. The fraction of sp³-hybridized carbons (Fsp3) is 0.500. The average molecular weight is 329 g/mol. The summed E-state index contributed by atoms with van der Waals surface area (Å²) in [7, 11) is 1.60. The van der Waals surface area contributed by atoms with Crippen LogP contribution in [0.5, 0.6) is 0 Å². The van der Waals surface area contributed by atoms with Crippen molar-refractivity contribution in [1.29, 1.82) is 0 Å². The van der Waals surface area contributed by atoms with Crippen molar-refractivity contribution >= 4 is 21.9 Å². The number of rotatable bonds is 4. The lowest BCUT2D eigenvalue weighted by molar-refractivity contribution is -0.121. The molecule has 5 heteroatoms. The summed E-state index contributed by atoms with van der Waals surface area (Å²) in [5.74, 6) is -0.324. The molecule has 0 N–H and O–H groups in total. The monoisotopic (exact) mass is 328 g/mol. The van der Waals surface area contributed by atoms with Crippen molar-refractivity contribution in [3.8, 4) is 0 Å². The van der Waals surface area contributed by atoms with Crippen LogP contribution in [-0.4, -0.2) is 36.9 Å². The molecule has 1 heterocycles. The van der Waals surface area contributed by atoms with E-state index in [4.69, 9.17) is 14.2 Å². The van der Waals surface area contributed by atoms with Crippen molar-refractivity contribution in [2.24, 2.45) is 0 Å². The molecule has 0 spiro atoms. The second-order valence-electron chi connectivity index (χ2n) is 4.58. The summed E-state index contributed by atoms with van der Waals surface area (Å²) >= 11 is 3.47. The van der Waals surface area contributed by atoms with Gasteiger partial charge in [0.1, 0.15) is 6.61 Å². The van der Waals surface area contributed by atoms with E-state index in [0.29, 0.717) is 5.56 Å². The third-order valence-electron chi connectivity index (χ3n) is 3.03. The minimum atomic E-state index is -0.324. The first kappa shape index (κ1) is 14.5. The Labute approximate surface area is 121 Å². The number of alkyl halides is 1. The van der Waals surface area contributed by atoms with Crippen molar-refractivity contribution in [2.75, 3.05) is 13.7 Å². The molecule has 0 amide bonds. The van der Waals surface area contributed by atoms with Gasteiger partial charge in [-0.05, 0) is 25.5 Å². The van der Waals surface area contributed by atoms with E-state index < -0.39 is 0 Å². The number of hydrogen-bond donors (Lipinski definition) is 0. The molecule has 1 aliphatic rings. The molecule has 1 aromatic carbocycles. The van der Waals surface area contributed by atoms with Crippen LogP contribution in [0.15, 0.2) is 24.3 Å². The number of methoxy groups -OCH3 is 1. The Kier molecular flexibility index (Phi) is 4.96. The third kappa shape index (κ3) is 3.78. The number of halogens is 1. The second kappa shape index (κ2) is 6.50. The maximum absolute atomic E-state index is 11.8. The normalized spacial score (nSPS) is 26.4. The van der Waals surface area contributed by atoms with Crippen LogP contribution >= 0.6 is 15.9 Å². The minimum absolute atomic E-state index is 0.122. The van der Waals surface area contributed by atoms with Gasteiger partial charge in [-0.25, -0.2) is 4.79 Å². The third-order valence-corrected chi connectivity index (χ3v) is 3.84. The van der Waals surface area contributed by atoms with Crippen molar-refractivity contribution in [2.45, 2.75) is 30.6 Å². The van der Waals surface area contributed by atoms with Crippen LogP contribution in [0.1, 0.15) is 22.3 Å². The van der Waals surface area contributed by atoms with E-state index in [-0.39, 0.29) is 29.8 Å². The summed E-state index contributed by atoms with van der Waals surface area (Å²) < 4.78 is 16.0. The first-order valence-electron chi connectivity index (χ1n) is 6.16. The molecule has 0 radical (unpaired) electrons. The largest absolute Gasteiger partial charge is 0.459 e. The topological polar surface area (TPSA) is 44.8 Å². The van der Waals surface area contributed by atoms with Gasteiger partial charge in [0.2, 0.25) is 0 Å². The molecule has 0 aromatic heterocycles. The Bertz CT molecular complexity index is 432. The predicted molar refractivity (Wildman–Crippen MR) is 74.5 cm³/mol. The van der Waals surface area contributed by atoms with Gasteiger partial charge in [-0.3, -0.25) is 0 Å². The van der Waals surface area contributed by atoms with Gasteiger partial charge >= 0.3 is 5.97 Å². The Morgan fingerprint density at radius 2 is 2.11 bits per heavy atom. The van der Waals surface area contributed by atoms with E-state index in [1.165, 1.54) is 0 Å². The quantitative estimate of drug-likeness (QED) is 0.629. The summed E-state index contributed by atoms with van der Waals surface area (Å²) in [4.78, 5) is 12.0. The summed E-state index contributed by atoms with van der Waals surface area (Å²) in [6.45, 7) is 2.22. The Morgan fingerprint density at radius 3 is 2.68 bits per heavy atom. The van der Waals surface area contributed by atoms with Crippen LogP contribution in [0.2, 0.25) is 0 Å². The van der Waals surface area contributed by atoms with Crippen molar-refractivity contribution in [1.82, 2.24) is 0 Å². The fourth-order valence-electron chi connectivity index (χ4n) is 1.94. The highest BCUT2D eigenvalue weighted by atomic mass is 79.9. The van der Waals surface area contributed by atoms with Gasteiger partial charge < -0.3 is 14.2 Å². The van der Waals surface area contributed by atoms with Gasteiger partial charge in [0, 0.05) is 7.11 Å². The van der Waals surface area contributed by atoms with Gasteiger partial charge in [0.15, 0.2) is 6.29 Å². The Morgan fingerprint density at radius 1 is 1.42 bits per heavy atom. The predicted octanol–water partition coefficient (Wildman–Crippen LogP) is 2.68. The van der Waals surface area contributed by atoms with Gasteiger partial charge in [-0.1, -0.05) is 33.6 Å². The number of carbonyl (C=O) groups is 1. The zero-order valence-electron chi connectivity index (χ0n) is 11.0. The van der Waals surface area contributed by atoms with Gasteiger partial charge in [-0.15, -0.1) is 0 Å². The molecule has 1 fully saturated rings. The van der Waals surface area contributed by atoms with Crippen LogP contribution in [0, 0.1) is 6.92 Å². The first-order valence-corrected chi connectivity index (χ1v) is 7.08. The van der Waals surface area contributed by atoms with Crippen LogP contribution in [0.3, 0.4) is 0 Å². The van der Waals surface area contributed by atoms with E-state index in [2.05, 4.69) is 15.9 Å². The number of esters is 1. The highest BCUT2D eigenvalue weighted by molar-refractivity contribution is 9.09. The molecule has 1 aromatic rings. The van der Waals surface area contributed by atoms with E-state index in [1.807, 2.05) is 19.1 Å². The minimum Gasteiger partial charge on any atom is -0.459 e. The standard InChI is InChI=1S/C14H17BrO4/c1-9-3-5-10(6-4-9)13(16)18-8-11-7-12(15)14(17-2)19-11/h3-6,11-12,14H,7-8H2,1-2H3/t11-,12+,14?/m0/s1. The molecule has 3 atom stereocenters. The molecular formula is C14H17BrO4. The van der Waals surface area contributed by atoms with Crippen molar-refractivity contribution in [3.63, 3.8) is 0 Å². The van der Waals surface area contributed by atoms with E-state index in [9.17, 15) is 4.79 Å². The van der Waals surface area contributed by atoms with Crippen molar-refractivity contribution in [3.05, 3.63) is 35.4 Å². The van der Waals surface area contributed by atoms with E-state index in [0.717, 1.165) is 12.0 Å². The lowest BCUT2D eigenvalue weighted by Gasteiger charge is -2.13. The number of carbonyl (C=O) groups excluding carboxylic acids is 1. The summed E-state index contributed by atoms with van der Waals surface area (Å²) in [5, 5.41) is 0. The molecular weight excluding hydrogens is 312 g/mol. The zero-order valence-corrected chi connectivity index (χ0v) is 12.6. The lowest BCUT2D eigenvalue weighted by Crippen LogP contribution is -2.21. The molecule has 4 nitrogen and oxygen atoms in total. The molecule has 0 bridgehead atoms.